The average Bonchev–Trinajstić information content (AvgIpc) is 3.37. The van der Waals surface area contributed by atoms with Crippen LogP contribution in [0, 0.1) is 13.8 Å². The predicted octanol–water partition coefficient (Wildman–Crippen LogP) is 3.51. The zero-order valence-corrected chi connectivity index (χ0v) is 15.7. The van der Waals surface area contributed by atoms with Crippen LogP contribution in [0.4, 0.5) is 5.69 Å². The van der Waals surface area contributed by atoms with Crippen molar-refractivity contribution >= 4 is 11.6 Å². The van der Waals surface area contributed by atoms with Crippen molar-refractivity contribution in [3.63, 3.8) is 0 Å². The molecule has 2 heterocycles. The molecule has 136 valence electrons. The minimum Gasteiger partial charge on any atom is -0.368 e. The second-order valence-electron chi connectivity index (χ2n) is 7.79. The van der Waals surface area contributed by atoms with Gasteiger partial charge in [0.15, 0.2) is 0 Å². The summed E-state index contributed by atoms with van der Waals surface area (Å²) >= 11 is 0. The van der Waals surface area contributed by atoms with Crippen molar-refractivity contribution in [2.45, 2.75) is 51.5 Å². The first-order chi connectivity index (χ1) is 12.6. The van der Waals surface area contributed by atoms with Gasteiger partial charge < -0.3 is 10.2 Å². The lowest BCUT2D eigenvalue weighted by molar-refractivity contribution is -0.121. The van der Waals surface area contributed by atoms with Gasteiger partial charge in [0, 0.05) is 24.8 Å². The van der Waals surface area contributed by atoms with E-state index in [2.05, 4.69) is 52.5 Å². The fourth-order valence-electron chi connectivity index (χ4n) is 3.70. The first-order valence-electron chi connectivity index (χ1n) is 9.65. The Morgan fingerprint density at radius 2 is 1.96 bits per heavy atom. The van der Waals surface area contributed by atoms with Crippen molar-refractivity contribution in [1.29, 1.82) is 0 Å². The second-order valence-corrected chi connectivity index (χ2v) is 7.79. The highest BCUT2D eigenvalue weighted by Gasteiger charge is 2.25. The summed E-state index contributed by atoms with van der Waals surface area (Å²) in [5, 5.41) is 3.20. The number of aryl methyl sites for hydroxylation is 2. The molecule has 4 nitrogen and oxygen atoms in total. The first-order valence-corrected chi connectivity index (χ1v) is 9.65. The van der Waals surface area contributed by atoms with Crippen LogP contribution >= 0.6 is 0 Å². The maximum Gasteiger partial charge on any atom is 0.224 e. The fourth-order valence-corrected chi connectivity index (χ4v) is 3.70. The number of hydrogen-bond acceptors (Lipinski definition) is 3. The monoisotopic (exact) mass is 349 g/mol. The van der Waals surface area contributed by atoms with Gasteiger partial charge in [-0.2, -0.15) is 0 Å². The van der Waals surface area contributed by atoms with E-state index >= 15 is 0 Å². The highest BCUT2D eigenvalue weighted by atomic mass is 16.1. The third kappa shape index (κ3) is 3.90. The summed E-state index contributed by atoms with van der Waals surface area (Å²) in [6.45, 7) is 5.95. The summed E-state index contributed by atoms with van der Waals surface area (Å²) in [4.78, 5) is 19.2. The summed E-state index contributed by atoms with van der Waals surface area (Å²) in [7, 11) is 0. The third-order valence-electron chi connectivity index (χ3n) is 5.64. The van der Waals surface area contributed by atoms with E-state index in [1.165, 1.54) is 24.0 Å². The Morgan fingerprint density at radius 3 is 2.65 bits per heavy atom. The third-order valence-corrected chi connectivity index (χ3v) is 5.64. The molecule has 1 aliphatic carbocycles. The molecule has 0 bridgehead atoms. The van der Waals surface area contributed by atoms with Gasteiger partial charge in [-0.1, -0.05) is 24.3 Å². The lowest BCUT2D eigenvalue weighted by Crippen LogP contribution is -2.38. The molecule has 1 saturated heterocycles. The molecule has 1 amide bonds. The van der Waals surface area contributed by atoms with Crippen LogP contribution in [0.1, 0.15) is 47.6 Å². The number of aromatic nitrogens is 1. The summed E-state index contributed by atoms with van der Waals surface area (Å²) in [6, 6.07) is 11.0. The van der Waals surface area contributed by atoms with Gasteiger partial charge in [0.2, 0.25) is 5.91 Å². The van der Waals surface area contributed by atoms with Crippen LogP contribution in [-0.4, -0.2) is 30.0 Å². The molecule has 4 heteroatoms. The highest BCUT2D eigenvalue weighted by Crippen LogP contribution is 2.39. The number of benzene rings is 1. The molecular weight excluding hydrogens is 322 g/mol. The molecule has 0 unspecified atom stereocenters. The quantitative estimate of drug-likeness (QED) is 0.898. The molecule has 1 aliphatic heterocycles. The van der Waals surface area contributed by atoms with Gasteiger partial charge in [0.1, 0.15) is 0 Å². The number of anilines is 1. The Labute approximate surface area is 155 Å². The van der Waals surface area contributed by atoms with Crippen LogP contribution < -0.4 is 10.2 Å². The van der Waals surface area contributed by atoms with Crippen LogP contribution in [0.3, 0.4) is 0 Å². The largest absolute Gasteiger partial charge is 0.368 e. The van der Waals surface area contributed by atoms with Crippen LogP contribution in [0.2, 0.25) is 0 Å². The van der Waals surface area contributed by atoms with E-state index in [4.69, 9.17) is 0 Å². The predicted molar refractivity (Wildman–Crippen MR) is 105 cm³/mol. The van der Waals surface area contributed by atoms with E-state index in [1.54, 1.807) is 0 Å². The molecule has 1 aromatic heterocycles. The number of rotatable bonds is 5. The van der Waals surface area contributed by atoms with Crippen LogP contribution in [0.15, 0.2) is 36.5 Å². The molecule has 2 aromatic rings. The maximum absolute atomic E-state index is 12.4. The number of pyridine rings is 1. The zero-order chi connectivity index (χ0) is 18.1. The SMILES string of the molecule is Cc1cc(N2CC[C@@H](NC(=O)Cc3ccc(C4CC4)cc3)C2)cnc1C. The molecule has 2 aliphatic rings. The van der Waals surface area contributed by atoms with Gasteiger partial charge in [0.05, 0.1) is 18.3 Å². The molecule has 2 fully saturated rings. The average molecular weight is 349 g/mol. The van der Waals surface area contributed by atoms with E-state index in [0.717, 1.165) is 42.4 Å². The Hall–Kier alpha value is -2.36. The Kier molecular flexibility index (Phi) is 4.66. The fraction of sp³-hybridized carbons (Fsp3) is 0.455. The molecule has 26 heavy (non-hydrogen) atoms. The lowest BCUT2D eigenvalue weighted by atomic mass is 10.1. The Balaban J connectivity index is 1.30. The number of nitrogens with zero attached hydrogens (tertiary/aromatic N) is 2. The zero-order valence-electron chi connectivity index (χ0n) is 15.7. The minimum absolute atomic E-state index is 0.120. The van der Waals surface area contributed by atoms with E-state index in [9.17, 15) is 4.79 Å². The smallest absolute Gasteiger partial charge is 0.224 e. The van der Waals surface area contributed by atoms with E-state index in [1.807, 2.05) is 13.1 Å². The van der Waals surface area contributed by atoms with Gasteiger partial charge >= 0.3 is 0 Å². The van der Waals surface area contributed by atoms with Gasteiger partial charge in [0.25, 0.3) is 0 Å². The first kappa shape index (κ1) is 17.1. The number of carbonyl (C=O) groups excluding carboxylic acids is 1. The summed E-state index contributed by atoms with van der Waals surface area (Å²) in [6.07, 6.45) is 6.02. The van der Waals surface area contributed by atoms with Gasteiger partial charge in [-0.25, -0.2) is 0 Å². The number of nitrogens with one attached hydrogen (secondary N) is 1. The summed E-state index contributed by atoms with van der Waals surface area (Å²) in [5.74, 6) is 0.886. The van der Waals surface area contributed by atoms with Crippen LogP contribution in [0.5, 0.6) is 0 Å². The lowest BCUT2D eigenvalue weighted by Gasteiger charge is -2.19. The van der Waals surface area contributed by atoms with Gasteiger partial charge in [-0.3, -0.25) is 9.78 Å². The van der Waals surface area contributed by atoms with Crippen molar-refractivity contribution in [1.82, 2.24) is 10.3 Å². The molecule has 0 spiro atoms. The number of amides is 1. The van der Waals surface area contributed by atoms with Crippen molar-refractivity contribution < 1.29 is 4.79 Å². The van der Waals surface area contributed by atoms with Crippen molar-refractivity contribution in [3.05, 3.63) is 58.9 Å². The molecule has 1 N–H and O–H groups in total. The molecule has 1 saturated carbocycles. The second kappa shape index (κ2) is 7.10. The molecule has 1 aromatic carbocycles. The van der Waals surface area contributed by atoms with Gasteiger partial charge in [-0.05, 0) is 61.8 Å². The molecule has 1 atom stereocenters. The standard InChI is InChI=1S/C22H27N3O/c1-15-11-21(13-23-16(15)2)25-10-9-20(14-25)24-22(26)12-17-3-5-18(6-4-17)19-7-8-19/h3-6,11,13,19-20H,7-10,12,14H2,1-2H3,(H,24,26)/t20-/m1/s1. The van der Waals surface area contributed by atoms with E-state index in [-0.39, 0.29) is 11.9 Å². The van der Waals surface area contributed by atoms with Crippen LogP contribution in [-0.2, 0) is 11.2 Å². The number of carbonyl (C=O) groups is 1. The summed E-state index contributed by atoms with van der Waals surface area (Å²) in [5.41, 5.74) is 5.96. The number of hydrogen-bond donors (Lipinski definition) is 1. The van der Waals surface area contributed by atoms with Gasteiger partial charge in [-0.15, -0.1) is 0 Å². The highest BCUT2D eigenvalue weighted by molar-refractivity contribution is 5.79. The van der Waals surface area contributed by atoms with E-state index in [0.29, 0.717) is 6.42 Å². The van der Waals surface area contributed by atoms with Crippen molar-refractivity contribution in [3.8, 4) is 0 Å². The molecule has 4 rings (SSSR count). The Bertz CT molecular complexity index is 796. The maximum atomic E-state index is 12.4. The Morgan fingerprint density at radius 1 is 1.19 bits per heavy atom. The van der Waals surface area contributed by atoms with E-state index < -0.39 is 0 Å². The minimum atomic E-state index is 0.120. The molecule has 0 radical (unpaired) electrons. The summed E-state index contributed by atoms with van der Waals surface area (Å²) < 4.78 is 0. The van der Waals surface area contributed by atoms with Crippen LogP contribution in [0.25, 0.3) is 0 Å². The van der Waals surface area contributed by atoms with Crippen molar-refractivity contribution in [2.75, 3.05) is 18.0 Å². The topological polar surface area (TPSA) is 45.2 Å². The molecular formula is C22H27N3O. The van der Waals surface area contributed by atoms with Crippen molar-refractivity contribution in [2.24, 2.45) is 0 Å². The normalized spacial score (nSPS) is 19.6.